The first-order valence-electron chi connectivity index (χ1n) is 4.49. The van der Waals surface area contributed by atoms with Crippen LogP contribution in [0.25, 0.3) is 6.08 Å². The molecule has 0 aromatic heterocycles. The largest absolute Gasteiger partial charge is 0.417 e. The summed E-state index contributed by atoms with van der Waals surface area (Å²) < 4.78 is 37.7. The van der Waals surface area contributed by atoms with Crippen molar-refractivity contribution in [2.24, 2.45) is 0 Å². The molecule has 15 heavy (non-hydrogen) atoms. The van der Waals surface area contributed by atoms with E-state index in [0.717, 1.165) is 6.07 Å². The van der Waals surface area contributed by atoms with E-state index in [1.807, 2.05) is 6.92 Å². The maximum Gasteiger partial charge on any atom is 0.417 e. The standard InChI is InChI=1S/C11H10ClF3/c1-2-3-5-8-9(11(13,14)15)6-4-7-10(8)12/h3-7H,2H2,1H3/b5-3+. The van der Waals surface area contributed by atoms with Crippen LogP contribution >= 0.6 is 11.6 Å². The summed E-state index contributed by atoms with van der Waals surface area (Å²) in [5.41, 5.74) is -0.659. The third kappa shape index (κ3) is 2.99. The highest BCUT2D eigenvalue weighted by molar-refractivity contribution is 6.32. The number of alkyl halides is 3. The fraction of sp³-hybridized carbons (Fsp3) is 0.273. The summed E-state index contributed by atoms with van der Waals surface area (Å²) in [4.78, 5) is 0. The monoisotopic (exact) mass is 234 g/mol. The number of hydrogen-bond donors (Lipinski definition) is 0. The van der Waals surface area contributed by atoms with Crippen molar-refractivity contribution in [2.45, 2.75) is 19.5 Å². The molecule has 0 atom stereocenters. The first-order chi connectivity index (χ1) is 6.96. The van der Waals surface area contributed by atoms with Crippen molar-refractivity contribution in [2.75, 3.05) is 0 Å². The SMILES string of the molecule is CC/C=C/c1c(Cl)cccc1C(F)(F)F. The van der Waals surface area contributed by atoms with Crippen LogP contribution in [0.1, 0.15) is 24.5 Å². The molecule has 0 saturated carbocycles. The summed E-state index contributed by atoms with van der Waals surface area (Å²) in [7, 11) is 0. The van der Waals surface area contributed by atoms with E-state index in [-0.39, 0.29) is 10.6 Å². The third-order valence-electron chi connectivity index (χ3n) is 1.88. The second-order valence-electron chi connectivity index (χ2n) is 3.01. The van der Waals surface area contributed by atoms with Gasteiger partial charge < -0.3 is 0 Å². The van der Waals surface area contributed by atoms with Crippen LogP contribution in [-0.4, -0.2) is 0 Å². The van der Waals surface area contributed by atoms with Gasteiger partial charge in [0.25, 0.3) is 0 Å². The Labute approximate surface area is 91.4 Å². The molecule has 82 valence electrons. The van der Waals surface area contributed by atoms with Gasteiger partial charge in [-0.3, -0.25) is 0 Å². The van der Waals surface area contributed by atoms with Gasteiger partial charge in [0.05, 0.1) is 5.56 Å². The van der Waals surface area contributed by atoms with Gasteiger partial charge in [0.2, 0.25) is 0 Å². The fourth-order valence-corrected chi connectivity index (χ4v) is 1.43. The van der Waals surface area contributed by atoms with Gasteiger partial charge in [-0.25, -0.2) is 0 Å². The molecule has 0 saturated heterocycles. The number of halogens is 4. The molecule has 1 aromatic rings. The summed E-state index contributed by atoms with van der Waals surface area (Å²) in [5.74, 6) is 0. The van der Waals surface area contributed by atoms with E-state index >= 15 is 0 Å². The zero-order valence-corrected chi connectivity index (χ0v) is 8.86. The van der Waals surface area contributed by atoms with Crippen molar-refractivity contribution >= 4 is 17.7 Å². The average molecular weight is 235 g/mol. The first kappa shape index (κ1) is 12.1. The Morgan fingerprint density at radius 2 is 2.00 bits per heavy atom. The minimum absolute atomic E-state index is 0.0357. The third-order valence-corrected chi connectivity index (χ3v) is 2.21. The van der Waals surface area contributed by atoms with Crippen LogP contribution in [0.3, 0.4) is 0 Å². The van der Waals surface area contributed by atoms with E-state index in [1.165, 1.54) is 18.2 Å². The maximum atomic E-state index is 12.6. The average Bonchev–Trinajstić information content (AvgIpc) is 2.14. The molecule has 1 aromatic carbocycles. The van der Waals surface area contributed by atoms with Gasteiger partial charge in [-0.15, -0.1) is 0 Å². The predicted octanol–water partition coefficient (Wildman–Crippen LogP) is 4.78. The van der Waals surface area contributed by atoms with E-state index in [4.69, 9.17) is 11.6 Å². The number of hydrogen-bond acceptors (Lipinski definition) is 0. The van der Waals surface area contributed by atoms with Gasteiger partial charge in [-0.05, 0) is 18.6 Å². The minimum atomic E-state index is -4.36. The van der Waals surface area contributed by atoms with Crippen molar-refractivity contribution in [3.05, 3.63) is 40.4 Å². The molecule has 0 aliphatic rings. The lowest BCUT2D eigenvalue weighted by atomic mass is 10.1. The number of benzene rings is 1. The molecule has 0 heterocycles. The van der Waals surface area contributed by atoms with Gasteiger partial charge in [0, 0.05) is 10.6 Å². The Morgan fingerprint density at radius 3 is 2.53 bits per heavy atom. The van der Waals surface area contributed by atoms with Crippen LogP contribution in [0.5, 0.6) is 0 Å². The molecule has 0 radical (unpaired) electrons. The Bertz CT molecular complexity index is 367. The lowest BCUT2D eigenvalue weighted by Gasteiger charge is -2.11. The first-order valence-corrected chi connectivity index (χ1v) is 4.87. The normalized spacial score (nSPS) is 12.3. The molecule has 0 aliphatic heterocycles. The number of allylic oxidation sites excluding steroid dienone is 1. The van der Waals surface area contributed by atoms with Crippen LogP contribution in [0.15, 0.2) is 24.3 Å². The van der Waals surface area contributed by atoms with Crippen LogP contribution in [0, 0.1) is 0 Å². The van der Waals surface area contributed by atoms with Gasteiger partial charge in [-0.2, -0.15) is 13.2 Å². The second kappa shape index (κ2) is 4.71. The Morgan fingerprint density at radius 1 is 1.33 bits per heavy atom. The van der Waals surface area contributed by atoms with Crippen LogP contribution in [0.2, 0.25) is 5.02 Å². The molecule has 0 bridgehead atoms. The van der Waals surface area contributed by atoms with E-state index < -0.39 is 11.7 Å². The van der Waals surface area contributed by atoms with Crippen LogP contribution in [-0.2, 0) is 6.18 Å². The molecule has 0 spiro atoms. The Hall–Kier alpha value is -0.960. The molecule has 0 amide bonds. The van der Waals surface area contributed by atoms with Crippen molar-refractivity contribution in [1.29, 1.82) is 0 Å². The lowest BCUT2D eigenvalue weighted by Crippen LogP contribution is -2.07. The van der Waals surface area contributed by atoms with Gasteiger partial charge >= 0.3 is 6.18 Å². The second-order valence-corrected chi connectivity index (χ2v) is 3.42. The molecule has 0 fully saturated rings. The molecule has 4 heteroatoms. The van der Waals surface area contributed by atoms with E-state index in [2.05, 4.69) is 0 Å². The molecule has 0 N–H and O–H groups in total. The highest BCUT2D eigenvalue weighted by Crippen LogP contribution is 2.35. The zero-order valence-electron chi connectivity index (χ0n) is 8.11. The Kier molecular flexibility index (Phi) is 3.80. The van der Waals surface area contributed by atoms with E-state index in [1.54, 1.807) is 6.08 Å². The molecular formula is C11H10ClF3. The zero-order chi connectivity index (χ0) is 11.5. The summed E-state index contributed by atoms with van der Waals surface area (Å²) in [5, 5.41) is 0.120. The van der Waals surface area contributed by atoms with Crippen molar-refractivity contribution < 1.29 is 13.2 Å². The summed E-state index contributed by atoms with van der Waals surface area (Å²) in [6.07, 6.45) is -0.636. The molecule has 0 unspecified atom stereocenters. The molecule has 1 rings (SSSR count). The minimum Gasteiger partial charge on any atom is -0.166 e. The molecule has 0 nitrogen and oxygen atoms in total. The van der Waals surface area contributed by atoms with Gasteiger partial charge in [-0.1, -0.05) is 36.7 Å². The highest BCUT2D eigenvalue weighted by Gasteiger charge is 2.33. The van der Waals surface area contributed by atoms with Gasteiger partial charge in [0.15, 0.2) is 0 Å². The summed E-state index contributed by atoms with van der Waals surface area (Å²) in [6, 6.07) is 3.78. The fourth-order valence-electron chi connectivity index (χ4n) is 1.19. The van der Waals surface area contributed by atoms with Crippen molar-refractivity contribution in [1.82, 2.24) is 0 Å². The van der Waals surface area contributed by atoms with Crippen molar-refractivity contribution in [3.63, 3.8) is 0 Å². The number of rotatable bonds is 2. The highest BCUT2D eigenvalue weighted by atomic mass is 35.5. The molecule has 0 aliphatic carbocycles. The lowest BCUT2D eigenvalue weighted by molar-refractivity contribution is -0.137. The van der Waals surface area contributed by atoms with E-state index in [9.17, 15) is 13.2 Å². The topological polar surface area (TPSA) is 0 Å². The predicted molar refractivity (Wildman–Crippen MR) is 55.8 cm³/mol. The maximum absolute atomic E-state index is 12.6. The smallest absolute Gasteiger partial charge is 0.166 e. The van der Waals surface area contributed by atoms with Crippen molar-refractivity contribution in [3.8, 4) is 0 Å². The van der Waals surface area contributed by atoms with Crippen LogP contribution < -0.4 is 0 Å². The van der Waals surface area contributed by atoms with Gasteiger partial charge in [0.1, 0.15) is 0 Å². The quantitative estimate of drug-likeness (QED) is 0.691. The van der Waals surface area contributed by atoms with Crippen LogP contribution in [0.4, 0.5) is 13.2 Å². The molecular weight excluding hydrogens is 225 g/mol. The van der Waals surface area contributed by atoms with E-state index in [0.29, 0.717) is 6.42 Å². The summed E-state index contributed by atoms with van der Waals surface area (Å²) >= 11 is 5.72. The Balaban J connectivity index is 3.27. The summed E-state index contributed by atoms with van der Waals surface area (Å²) in [6.45, 7) is 1.85.